The van der Waals surface area contributed by atoms with Gasteiger partial charge in [0.2, 0.25) is 11.8 Å². The number of para-hydroxylation sites is 2. The lowest BCUT2D eigenvalue weighted by molar-refractivity contribution is -0.119. The fourth-order valence-electron chi connectivity index (χ4n) is 3.25. The SMILES string of the molecule is CCC(=O)Nc1cc(-c2ccc(Cl)cc2)nn(C(CC)C(=O)Nc2ccccc2OC)c1=O. The van der Waals surface area contributed by atoms with Crippen molar-refractivity contribution in [2.24, 2.45) is 0 Å². The molecule has 1 atom stereocenters. The molecule has 3 rings (SSSR count). The Hall–Kier alpha value is -3.65. The fourth-order valence-corrected chi connectivity index (χ4v) is 3.37. The number of hydrogen-bond donors (Lipinski definition) is 2. The molecular weight excluding hydrogens is 444 g/mol. The molecule has 0 aliphatic rings. The highest BCUT2D eigenvalue weighted by Gasteiger charge is 2.24. The Labute approximate surface area is 196 Å². The summed E-state index contributed by atoms with van der Waals surface area (Å²) in [7, 11) is 1.51. The van der Waals surface area contributed by atoms with Crippen molar-refractivity contribution < 1.29 is 14.3 Å². The van der Waals surface area contributed by atoms with Crippen LogP contribution >= 0.6 is 11.6 Å². The number of rotatable bonds is 8. The van der Waals surface area contributed by atoms with Crippen LogP contribution in [0.2, 0.25) is 5.02 Å². The molecule has 1 unspecified atom stereocenters. The van der Waals surface area contributed by atoms with Gasteiger partial charge in [-0.3, -0.25) is 14.4 Å². The lowest BCUT2D eigenvalue weighted by atomic mass is 10.1. The van der Waals surface area contributed by atoms with Crippen molar-refractivity contribution in [1.29, 1.82) is 0 Å². The number of carbonyl (C=O) groups is 2. The number of benzene rings is 2. The van der Waals surface area contributed by atoms with Crippen molar-refractivity contribution in [3.05, 3.63) is 70.0 Å². The van der Waals surface area contributed by atoms with Crippen LogP contribution in [0.1, 0.15) is 32.7 Å². The molecule has 1 aromatic heterocycles. The normalized spacial score (nSPS) is 11.5. The molecule has 2 amide bonds. The number of hydrogen-bond acceptors (Lipinski definition) is 5. The van der Waals surface area contributed by atoms with E-state index >= 15 is 0 Å². The van der Waals surface area contributed by atoms with Crippen LogP contribution in [0.5, 0.6) is 5.75 Å². The van der Waals surface area contributed by atoms with Gasteiger partial charge in [0.05, 0.1) is 18.5 Å². The zero-order chi connectivity index (χ0) is 24.0. The Kier molecular flexibility index (Phi) is 7.84. The second-order valence-electron chi connectivity index (χ2n) is 7.22. The van der Waals surface area contributed by atoms with Gasteiger partial charge in [-0.05, 0) is 36.8 Å². The average molecular weight is 469 g/mol. The van der Waals surface area contributed by atoms with E-state index in [0.717, 1.165) is 4.68 Å². The third-order valence-electron chi connectivity index (χ3n) is 5.02. The summed E-state index contributed by atoms with van der Waals surface area (Å²) in [5.41, 5.74) is 1.05. The van der Waals surface area contributed by atoms with Crippen molar-refractivity contribution in [2.75, 3.05) is 17.7 Å². The number of ether oxygens (including phenoxy) is 1. The summed E-state index contributed by atoms with van der Waals surface area (Å²) in [6.45, 7) is 3.46. The predicted octanol–water partition coefficient (Wildman–Crippen LogP) is 4.51. The van der Waals surface area contributed by atoms with Gasteiger partial charge >= 0.3 is 0 Å². The molecule has 0 radical (unpaired) electrons. The third kappa shape index (κ3) is 5.59. The zero-order valence-corrected chi connectivity index (χ0v) is 19.3. The van der Waals surface area contributed by atoms with E-state index in [9.17, 15) is 14.4 Å². The molecule has 0 saturated carbocycles. The van der Waals surface area contributed by atoms with Gasteiger partial charge in [0, 0.05) is 17.0 Å². The summed E-state index contributed by atoms with van der Waals surface area (Å²) in [4.78, 5) is 38.4. The first-order chi connectivity index (χ1) is 15.9. The number of aromatic nitrogens is 2. The smallest absolute Gasteiger partial charge is 0.291 e. The van der Waals surface area contributed by atoms with Crippen molar-refractivity contribution in [1.82, 2.24) is 9.78 Å². The van der Waals surface area contributed by atoms with Crippen molar-refractivity contribution in [3.63, 3.8) is 0 Å². The summed E-state index contributed by atoms with van der Waals surface area (Å²) in [6.07, 6.45) is 0.489. The molecule has 0 saturated heterocycles. The summed E-state index contributed by atoms with van der Waals surface area (Å²) in [5, 5.41) is 10.4. The molecule has 8 nitrogen and oxygen atoms in total. The van der Waals surface area contributed by atoms with E-state index in [-0.39, 0.29) is 18.0 Å². The van der Waals surface area contributed by atoms with Gasteiger partial charge < -0.3 is 15.4 Å². The predicted molar refractivity (Wildman–Crippen MR) is 129 cm³/mol. The molecule has 0 aliphatic carbocycles. The van der Waals surface area contributed by atoms with Gasteiger partial charge in [-0.15, -0.1) is 0 Å². The van der Waals surface area contributed by atoms with Gasteiger partial charge in [-0.2, -0.15) is 5.10 Å². The Morgan fingerprint density at radius 1 is 1.06 bits per heavy atom. The highest BCUT2D eigenvalue weighted by Crippen LogP contribution is 2.26. The summed E-state index contributed by atoms with van der Waals surface area (Å²) < 4.78 is 6.40. The van der Waals surface area contributed by atoms with Crippen molar-refractivity contribution >= 4 is 34.8 Å². The minimum absolute atomic E-state index is 0.0466. The van der Waals surface area contributed by atoms with Crippen molar-refractivity contribution in [3.8, 4) is 17.0 Å². The maximum Gasteiger partial charge on any atom is 0.291 e. The molecule has 0 bridgehead atoms. The summed E-state index contributed by atoms with van der Waals surface area (Å²) in [6, 6.07) is 14.5. The lowest BCUT2D eigenvalue weighted by Gasteiger charge is -2.20. The minimum Gasteiger partial charge on any atom is -0.495 e. The molecule has 2 N–H and O–H groups in total. The topological polar surface area (TPSA) is 102 Å². The molecule has 0 aliphatic heterocycles. The molecular formula is C24H25ClN4O4. The zero-order valence-electron chi connectivity index (χ0n) is 18.6. The van der Waals surface area contributed by atoms with Crippen LogP contribution in [0.3, 0.4) is 0 Å². The molecule has 1 heterocycles. The number of halogens is 1. The first kappa shape index (κ1) is 24.0. The number of amides is 2. The summed E-state index contributed by atoms with van der Waals surface area (Å²) >= 11 is 5.99. The maximum atomic E-state index is 13.2. The monoisotopic (exact) mass is 468 g/mol. The van der Waals surface area contributed by atoms with Crippen LogP contribution in [0.15, 0.2) is 59.4 Å². The average Bonchev–Trinajstić information content (AvgIpc) is 2.82. The molecule has 9 heteroatoms. The van der Waals surface area contributed by atoms with E-state index in [4.69, 9.17) is 16.3 Å². The minimum atomic E-state index is -0.924. The van der Waals surface area contributed by atoms with E-state index in [1.807, 2.05) is 0 Å². The van der Waals surface area contributed by atoms with Crippen LogP contribution in [-0.2, 0) is 9.59 Å². The van der Waals surface area contributed by atoms with Crippen LogP contribution in [0.25, 0.3) is 11.3 Å². The molecule has 3 aromatic rings. The molecule has 172 valence electrons. The highest BCUT2D eigenvalue weighted by atomic mass is 35.5. The second kappa shape index (κ2) is 10.8. The first-order valence-corrected chi connectivity index (χ1v) is 10.9. The maximum absolute atomic E-state index is 13.2. The highest BCUT2D eigenvalue weighted by molar-refractivity contribution is 6.30. The van der Waals surface area contributed by atoms with E-state index < -0.39 is 17.5 Å². The standard InChI is InChI=1S/C24H25ClN4O4/c1-4-20(23(31)27-17-8-6-7-9-21(17)33-3)29-24(32)19(26-22(30)5-2)14-18(28-29)15-10-12-16(25)13-11-15/h6-14,20H,4-5H2,1-3H3,(H,26,30)(H,27,31). The quantitative estimate of drug-likeness (QED) is 0.506. The van der Waals surface area contributed by atoms with Crippen LogP contribution in [0, 0.1) is 0 Å². The Balaban J connectivity index is 2.07. The van der Waals surface area contributed by atoms with Crippen LogP contribution in [-0.4, -0.2) is 28.7 Å². The largest absolute Gasteiger partial charge is 0.495 e. The molecule has 2 aromatic carbocycles. The van der Waals surface area contributed by atoms with Gasteiger partial charge in [-0.1, -0.05) is 49.7 Å². The molecule has 33 heavy (non-hydrogen) atoms. The number of anilines is 2. The summed E-state index contributed by atoms with van der Waals surface area (Å²) in [5.74, 6) is -0.261. The van der Waals surface area contributed by atoms with Crippen LogP contribution in [0.4, 0.5) is 11.4 Å². The third-order valence-corrected chi connectivity index (χ3v) is 5.27. The van der Waals surface area contributed by atoms with Gasteiger partial charge in [-0.25, -0.2) is 4.68 Å². The van der Waals surface area contributed by atoms with Crippen molar-refractivity contribution in [2.45, 2.75) is 32.7 Å². The number of methoxy groups -OCH3 is 1. The van der Waals surface area contributed by atoms with Crippen LogP contribution < -0.4 is 20.9 Å². The van der Waals surface area contributed by atoms with E-state index in [0.29, 0.717) is 34.1 Å². The van der Waals surface area contributed by atoms with Gasteiger partial charge in [0.15, 0.2) is 0 Å². The van der Waals surface area contributed by atoms with Gasteiger partial charge in [0.25, 0.3) is 5.56 Å². The van der Waals surface area contributed by atoms with E-state index in [1.54, 1.807) is 62.4 Å². The Morgan fingerprint density at radius 3 is 2.39 bits per heavy atom. The number of carbonyl (C=O) groups excluding carboxylic acids is 2. The first-order valence-electron chi connectivity index (χ1n) is 10.5. The number of nitrogens with one attached hydrogen (secondary N) is 2. The fraction of sp³-hybridized carbons (Fsp3) is 0.250. The molecule has 0 spiro atoms. The number of nitrogens with zero attached hydrogens (tertiary/aromatic N) is 2. The Morgan fingerprint density at radius 2 is 1.76 bits per heavy atom. The molecule has 0 fully saturated rings. The lowest BCUT2D eigenvalue weighted by Crippen LogP contribution is -2.36. The second-order valence-corrected chi connectivity index (χ2v) is 7.65. The van der Waals surface area contributed by atoms with E-state index in [2.05, 4.69) is 15.7 Å². The van der Waals surface area contributed by atoms with E-state index in [1.165, 1.54) is 13.2 Å². The Bertz CT molecular complexity index is 1210. The van der Waals surface area contributed by atoms with Gasteiger partial charge in [0.1, 0.15) is 17.5 Å².